The van der Waals surface area contributed by atoms with E-state index in [1.54, 1.807) is 0 Å². The molecule has 1 nitrogen and oxygen atoms in total. The van der Waals surface area contributed by atoms with Gasteiger partial charge >= 0.3 is 0 Å². The molecule has 12 aromatic rings. The molecule has 0 unspecified atom stereocenters. The Hall–Kier alpha value is -7.78. The van der Waals surface area contributed by atoms with Crippen molar-refractivity contribution < 1.29 is 0 Å². The van der Waals surface area contributed by atoms with Crippen LogP contribution in [0.3, 0.4) is 0 Å². The molecule has 2 heteroatoms. The highest BCUT2D eigenvalue weighted by Gasteiger charge is 2.17. The Labute approximate surface area is 365 Å². The maximum atomic E-state index is 2.45. The summed E-state index contributed by atoms with van der Waals surface area (Å²) < 4.78 is 5.08. The van der Waals surface area contributed by atoms with Crippen LogP contribution < -0.4 is 0 Å². The third-order valence-corrected chi connectivity index (χ3v) is 13.6. The van der Waals surface area contributed by atoms with Crippen molar-refractivity contribution in [1.82, 2.24) is 4.57 Å². The van der Waals surface area contributed by atoms with Crippen LogP contribution in [0.5, 0.6) is 0 Å². The van der Waals surface area contributed by atoms with Gasteiger partial charge in [-0.15, -0.1) is 11.3 Å². The second-order valence-electron chi connectivity index (χ2n) is 16.1. The van der Waals surface area contributed by atoms with Crippen LogP contribution in [-0.2, 0) is 0 Å². The molecule has 10 aromatic carbocycles. The molecular formula is C60H39NS. The first-order valence-electron chi connectivity index (χ1n) is 21.2. The zero-order chi connectivity index (χ0) is 41.0. The number of hydrogen-bond donors (Lipinski definition) is 0. The van der Waals surface area contributed by atoms with Crippen LogP contribution in [0.1, 0.15) is 0 Å². The van der Waals surface area contributed by atoms with Crippen molar-refractivity contribution in [2.75, 3.05) is 0 Å². The predicted octanol–water partition coefficient (Wildman–Crippen LogP) is 17.2. The summed E-state index contributed by atoms with van der Waals surface area (Å²) in [4.78, 5) is 0. The standard InChI is InChI=1S/C60H39NS/c1-3-15-40(16-4-1)42-19-11-21-44(33-42)46-23-13-24-51(38-46)61-57-29-9-7-25-53(57)54-32-31-47(39-58(54)61)49-35-48(45-22-12-20-43(34-45)41-17-5-2-6-18-41)36-50(37-49)52-27-14-28-56-55-26-8-10-30-59(55)62-60(52)56/h1-39H. The maximum absolute atomic E-state index is 2.45. The number of hydrogen-bond acceptors (Lipinski definition) is 1. The molecule has 290 valence electrons. The number of para-hydroxylation sites is 1. The molecule has 0 fully saturated rings. The van der Waals surface area contributed by atoms with Gasteiger partial charge < -0.3 is 4.57 Å². The molecule has 2 heterocycles. The second-order valence-corrected chi connectivity index (χ2v) is 17.2. The van der Waals surface area contributed by atoms with Gasteiger partial charge in [0.15, 0.2) is 0 Å². The van der Waals surface area contributed by atoms with Crippen LogP contribution in [0.2, 0.25) is 0 Å². The lowest BCUT2D eigenvalue weighted by Gasteiger charge is -2.14. The van der Waals surface area contributed by atoms with Crippen LogP contribution in [-0.4, -0.2) is 4.57 Å². The Morgan fingerprint density at radius 3 is 1.44 bits per heavy atom. The fourth-order valence-electron chi connectivity index (χ4n) is 9.36. The van der Waals surface area contributed by atoms with Gasteiger partial charge in [-0.2, -0.15) is 0 Å². The van der Waals surface area contributed by atoms with E-state index in [0.29, 0.717) is 0 Å². The highest BCUT2D eigenvalue weighted by molar-refractivity contribution is 7.26. The van der Waals surface area contributed by atoms with Crippen molar-refractivity contribution in [3.8, 4) is 72.4 Å². The van der Waals surface area contributed by atoms with Crippen molar-refractivity contribution in [1.29, 1.82) is 0 Å². The number of aromatic nitrogens is 1. The highest BCUT2D eigenvalue weighted by Crippen LogP contribution is 2.43. The van der Waals surface area contributed by atoms with Crippen LogP contribution in [0, 0.1) is 0 Å². The second kappa shape index (κ2) is 15.0. The summed E-state index contributed by atoms with van der Waals surface area (Å²) in [6, 6.07) is 86.8. The summed E-state index contributed by atoms with van der Waals surface area (Å²) >= 11 is 1.89. The summed E-state index contributed by atoms with van der Waals surface area (Å²) in [7, 11) is 0. The topological polar surface area (TPSA) is 4.93 Å². The van der Waals surface area contributed by atoms with Crippen LogP contribution in [0.4, 0.5) is 0 Å². The van der Waals surface area contributed by atoms with Gasteiger partial charge in [-0.3, -0.25) is 0 Å². The van der Waals surface area contributed by atoms with E-state index in [2.05, 4.69) is 241 Å². The van der Waals surface area contributed by atoms with E-state index >= 15 is 0 Å². The third kappa shape index (κ3) is 6.32. The van der Waals surface area contributed by atoms with E-state index in [1.165, 1.54) is 109 Å². The Morgan fingerprint density at radius 1 is 0.258 bits per heavy atom. The van der Waals surface area contributed by atoms with Gasteiger partial charge in [0, 0.05) is 36.6 Å². The maximum Gasteiger partial charge on any atom is 0.0547 e. The molecule has 0 bridgehead atoms. The Kier molecular flexibility index (Phi) is 8.76. The molecule has 0 saturated heterocycles. The lowest BCUT2D eigenvalue weighted by molar-refractivity contribution is 1.18. The summed E-state index contributed by atoms with van der Waals surface area (Å²) in [5, 5.41) is 5.10. The van der Waals surface area contributed by atoms with Gasteiger partial charge in [0.1, 0.15) is 0 Å². The lowest BCUT2D eigenvalue weighted by Crippen LogP contribution is -1.95. The zero-order valence-electron chi connectivity index (χ0n) is 33.9. The molecule has 0 saturated carbocycles. The largest absolute Gasteiger partial charge is 0.309 e. The highest BCUT2D eigenvalue weighted by atomic mass is 32.1. The Bertz CT molecular complexity index is 3630. The van der Waals surface area contributed by atoms with Gasteiger partial charge in [-0.25, -0.2) is 0 Å². The van der Waals surface area contributed by atoms with Gasteiger partial charge in [-0.1, -0.05) is 176 Å². The molecule has 0 aliphatic carbocycles. The van der Waals surface area contributed by atoms with Crippen molar-refractivity contribution in [2.24, 2.45) is 0 Å². The normalized spacial score (nSPS) is 11.5. The molecule has 0 aliphatic heterocycles. The Balaban J connectivity index is 1.04. The number of benzene rings is 10. The molecule has 2 aromatic heterocycles. The SMILES string of the molecule is c1ccc(-c2cccc(-c3cc(-c4ccc5c6ccccc6n(-c6cccc(-c7cccc(-c8ccccc8)c7)c6)c5c4)cc(-c4cccc5c4sc4ccccc45)c3)c2)cc1. The van der Waals surface area contributed by atoms with Gasteiger partial charge in [0.05, 0.1) is 11.0 Å². The zero-order valence-corrected chi connectivity index (χ0v) is 34.7. The fourth-order valence-corrected chi connectivity index (χ4v) is 10.6. The summed E-state index contributed by atoms with van der Waals surface area (Å²) in [6.07, 6.45) is 0. The van der Waals surface area contributed by atoms with E-state index in [-0.39, 0.29) is 0 Å². The molecule has 0 aliphatic rings. The molecule has 0 spiro atoms. The van der Waals surface area contributed by atoms with E-state index < -0.39 is 0 Å². The fraction of sp³-hybridized carbons (Fsp3) is 0. The number of rotatable bonds is 7. The average molecular weight is 806 g/mol. The van der Waals surface area contributed by atoms with Crippen molar-refractivity contribution in [2.45, 2.75) is 0 Å². The number of thiophene rings is 1. The van der Waals surface area contributed by atoms with E-state index in [4.69, 9.17) is 0 Å². The monoisotopic (exact) mass is 805 g/mol. The molecule has 12 rings (SSSR count). The third-order valence-electron chi connectivity index (χ3n) is 12.4. The number of nitrogens with zero attached hydrogens (tertiary/aromatic N) is 1. The first-order chi connectivity index (χ1) is 30.7. The first kappa shape index (κ1) is 36.1. The van der Waals surface area contributed by atoms with E-state index in [9.17, 15) is 0 Å². The average Bonchev–Trinajstić information content (AvgIpc) is 3.90. The van der Waals surface area contributed by atoms with Crippen LogP contribution in [0.25, 0.3) is 114 Å². The predicted molar refractivity (Wildman–Crippen MR) is 266 cm³/mol. The summed E-state index contributed by atoms with van der Waals surface area (Å²) in [5.41, 5.74) is 18.0. The quantitative estimate of drug-likeness (QED) is 0.151. The van der Waals surface area contributed by atoms with Crippen molar-refractivity contribution in [3.05, 3.63) is 237 Å². The van der Waals surface area contributed by atoms with E-state index in [1.807, 2.05) is 11.3 Å². The molecular weight excluding hydrogens is 767 g/mol. The molecule has 0 amide bonds. The lowest BCUT2D eigenvalue weighted by atomic mass is 9.91. The smallest absolute Gasteiger partial charge is 0.0547 e. The van der Waals surface area contributed by atoms with Crippen LogP contribution in [0.15, 0.2) is 237 Å². The minimum atomic E-state index is 1.14. The molecule has 62 heavy (non-hydrogen) atoms. The minimum absolute atomic E-state index is 1.14. The van der Waals surface area contributed by atoms with Gasteiger partial charge in [-0.05, 0) is 127 Å². The van der Waals surface area contributed by atoms with E-state index in [0.717, 1.165) is 5.69 Å². The minimum Gasteiger partial charge on any atom is -0.309 e. The van der Waals surface area contributed by atoms with Gasteiger partial charge in [0.25, 0.3) is 0 Å². The Morgan fingerprint density at radius 2 is 0.726 bits per heavy atom. The summed E-state index contributed by atoms with van der Waals surface area (Å²) in [5.74, 6) is 0. The summed E-state index contributed by atoms with van der Waals surface area (Å²) in [6.45, 7) is 0. The first-order valence-corrected chi connectivity index (χ1v) is 22.0. The number of fused-ring (bicyclic) bond motifs is 6. The molecule has 0 N–H and O–H groups in total. The molecule has 0 atom stereocenters. The molecule has 0 radical (unpaired) electrons. The van der Waals surface area contributed by atoms with Crippen LogP contribution >= 0.6 is 11.3 Å². The van der Waals surface area contributed by atoms with Gasteiger partial charge in [0.2, 0.25) is 0 Å². The van der Waals surface area contributed by atoms with Crippen molar-refractivity contribution in [3.63, 3.8) is 0 Å². The van der Waals surface area contributed by atoms with Crippen molar-refractivity contribution >= 4 is 53.3 Å².